The summed E-state index contributed by atoms with van der Waals surface area (Å²) in [4.78, 5) is 15.4. The molecule has 6 nitrogen and oxygen atoms in total. The van der Waals surface area contributed by atoms with Crippen molar-refractivity contribution in [1.82, 2.24) is 20.5 Å². The molecule has 0 bridgehead atoms. The van der Waals surface area contributed by atoms with Crippen molar-refractivity contribution in [3.05, 3.63) is 11.6 Å². The van der Waals surface area contributed by atoms with Crippen molar-refractivity contribution in [3.63, 3.8) is 0 Å². The largest absolute Gasteiger partial charge is 0.393 e. The monoisotopic (exact) mass is 212 g/mol. The summed E-state index contributed by atoms with van der Waals surface area (Å²) in [5.74, 6) is 0.403. The topological polar surface area (TPSA) is 90.9 Å². The van der Waals surface area contributed by atoms with E-state index in [9.17, 15) is 4.79 Å². The standard InChI is InChI=1S/C9H16N4O2/c1-5(4-6(2)14)10-9(15)8-11-7(3)12-13-8/h5-6,14H,4H2,1-3H3,(H,10,15)(H,11,12,13). The molecule has 0 aliphatic carbocycles. The first-order chi connectivity index (χ1) is 6.99. The van der Waals surface area contributed by atoms with Gasteiger partial charge in [-0.15, -0.1) is 5.10 Å². The molecule has 1 heterocycles. The fourth-order valence-corrected chi connectivity index (χ4v) is 1.30. The van der Waals surface area contributed by atoms with Gasteiger partial charge in [0.25, 0.3) is 5.91 Å². The third-order valence-corrected chi connectivity index (χ3v) is 1.87. The Morgan fingerprint density at radius 1 is 1.60 bits per heavy atom. The third-order valence-electron chi connectivity index (χ3n) is 1.87. The molecule has 0 radical (unpaired) electrons. The number of aromatic nitrogens is 3. The van der Waals surface area contributed by atoms with Gasteiger partial charge >= 0.3 is 0 Å². The van der Waals surface area contributed by atoms with E-state index in [1.54, 1.807) is 13.8 Å². The highest BCUT2D eigenvalue weighted by Crippen LogP contribution is 1.98. The maximum Gasteiger partial charge on any atom is 0.291 e. The minimum absolute atomic E-state index is 0.101. The van der Waals surface area contributed by atoms with E-state index in [4.69, 9.17) is 5.11 Å². The van der Waals surface area contributed by atoms with Gasteiger partial charge < -0.3 is 10.4 Å². The number of hydrogen-bond acceptors (Lipinski definition) is 4. The molecule has 1 aromatic rings. The van der Waals surface area contributed by atoms with Gasteiger partial charge in [-0.2, -0.15) is 0 Å². The van der Waals surface area contributed by atoms with E-state index in [1.165, 1.54) is 0 Å². The summed E-state index contributed by atoms with van der Waals surface area (Å²) in [5, 5.41) is 18.1. The molecule has 3 N–H and O–H groups in total. The highest BCUT2D eigenvalue weighted by Gasteiger charge is 2.14. The predicted molar refractivity (Wildman–Crippen MR) is 54.3 cm³/mol. The van der Waals surface area contributed by atoms with Crippen molar-refractivity contribution in [2.45, 2.75) is 39.3 Å². The highest BCUT2D eigenvalue weighted by molar-refractivity contribution is 5.90. The Hall–Kier alpha value is -1.43. The Morgan fingerprint density at radius 3 is 2.73 bits per heavy atom. The van der Waals surface area contributed by atoms with Crippen LogP contribution in [0.3, 0.4) is 0 Å². The lowest BCUT2D eigenvalue weighted by Crippen LogP contribution is -2.35. The first-order valence-electron chi connectivity index (χ1n) is 4.87. The smallest absolute Gasteiger partial charge is 0.291 e. The van der Waals surface area contributed by atoms with Crippen LogP contribution in [0.5, 0.6) is 0 Å². The Morgan fingerprint density at radius 2 is 2.27 bits per heavy atom. The average Bonchev–Trinajstić information content (AvgIpc) is 2.49. The van der Waals surface area contributed by atoms with Crippen LogP contribution in [-0.4, -0.2) is 38.3 Å². The molecule has 0 aromatic carbocycles. The van der Waals surface area contributed by atoms with E-state index in [0.717, 1.165) is 0 Å². The van der Waals surface area contributed by atoms with Gasteiger partial charge in [0, 0.05) is 6.04 Å². The van der Waals surface area contributed by atoms with Crippen LogP contribution in [0.15, 0.2) is 0 Å². The lowest BCUT2D eigenvalue weighted by Gasteiger charge is -2.13. The summed E-state index contributed by atoms with van der Waals surface area (Å²) in [6, 6.07) is -0.101. The Balaban J connectivity index is 2.49. The minimum Gasteiger partial charge on any atom is -0.393 e. The summed E-state index contributed by atoms with van der Waals surface area (Å²) < 4.78 is 0. The normalized spacial score (nSPS) is 14.7. The van der Waals surface area contributed by atoms with Crippen molar-refractivity contribution >= 4 is 5.91 Å². The van der Waals surface area contributed by atoms with Crippen LogP contribution in [0.4, 0.5) is 0 Å². The lowest BCUT2D eigenvalue weighted by atomic mass is 10.1. The Bertz CT molecular complexity index is 335. The van der Waals surface area contributed by atoms with Crippen molar-refractivity contribution < 1.29 is 9.90 Å². The summed E-state index contributed by atoms with van der Waals surface area (Å²) in [7, 11) is 0. The summed E-state index contributed by atoms with van der Waals surface area (Å²) in [6.07, 6.45) is 0.0731. The Kier molecular flexibility index (Phi) is 3.79. The molecule has 0 spiro atoms. The molecule has 2 atom stereocenters. The van der Waals surface area contributed by atoms with Gasteiger partial charge in [0.2, 0.25) is 5.82 Å². The van der Waals surface area contributed by atoms with Crippen LogP contribution in [-0.2, 0) is 0 Å². The van der Waals surface area contributed by atoms with Crippen molar-refractivity contribution in [2.75, 3.05) is 0 Å². The van der Waals surface area contributed by atoms with Crippen molar-refractivity contribution in [1.29, 1.82) is 0 Å². The molecule has 1 amide bonds. The number of hydrogen-bond donors (Lipinski definition) is 3. The van der Waals surface area contributed by atoms with Gasteiger partial charge in [-0.25, -0.2) is 4.98 Å². The van der Waals surface area contributed by atoms with E-state index in [0.29, 0.717) is 12.2 Å². The number of aryl methyl sites for hydroxylation is 1. The van der Waals surface area contributed by atoms with Crippen LogP contribution < -0.4 is 5.32 Å². The fourth-order valence-electron chi connectivity index (χ4n) is 1.30. The molecule has 0 fully saturated rings. The highest BCUT2D eigenvalue weighted by atomic mass is 16.3. The zero-order valence-corrected chi connectivity index (χ0v) is 9.11. The number of aromatic amines is 1. The van der Waals surface area contributed by atoms with Gasteiger partial charge in [-0.05, 0) is 27.2 Å². The van der Waals surface area contributed by atoms with E-state index in [-0.39, 0.29) is 17.8 Å². The maximum atomic E-state index is 11.5. The molecule has 1 aromatic heterocycles. The number of rotatable bonds is 4. The van der Waals surface area contributed by atoms with Crippen molar-refractivity contribution in [3.8, 4) is 0 Å². The van der Waals surface area contributed by atoms with Crippen molar-refractivity contribution in [2.24, 2.45) is 0 Å². The number of nitrogens with zero attached hydrogens (tertiary/aromatic N) is 2. The maximum absolute atomic E-state index is 11.5. The van der Waals surface area contributed by atoms with Crippen LogP contribution >= 0.6 is 0 Å². The van der Waals surface area contributed by atoms with E-state index in [1.807, 2.05) is 6.92 Å². The van der Waals surface area contributed by atoms with Crippen LogP contribution in [0.25, 0.3) is 0 Å². The molecule has 15 heavy (non-hydrogen) atoms. The molecule has 0 saturated carbocycles. The number of H-pyrrole nitrogens is 1. The first kappa shape index (κ1) is 11.6. The summed E-state index contributed by atoms with van der Waals surface area (Å²) in [5.41, 5.74) is 0. The lowest BCUT2D eigenvalue weighted by molar-refractivity contribution is 0.0913. The summed E-state index contributed by atoms with van der Waals surface area (Å²) >= 11 is 0. The van der Waals surface area contributed by atoms with E-state index >= 15 is 0 Å². The molecule has 6 heteroatoms. The average molecular weight is 212 g/mol. The predicted octanol–water partition coefficient (Wildman–Crippen LogP) is 0.00232. The molecule has 84 valence electrons. The van der Waals surface area contributed by atoms with E-state index < -0.39 is 6.10 Å². The van der Waals surface area contributed by atoms with E-state index in [2.05, 4.69) is 20.5 Å². The minimum atomic E-state index is -0.436. The second kappa shape index (κ2) is 4.88. The number of carbonyl (C=O) groups is 1. The first-order valence-corrected chi connectivity index (χ1v) is 4.87. The van der Waals surface area contributed by atoms with Gasteiger partial charge in [0.05, 0.1) is 6.10 Å². The molecular weight excluding hydrogens is 196 g/mol. The third kappa shape index (κ3) is 3.67. The number of aliphatic hydroxyl groups excluding tert-OH is 1. The SMILES string of the molecule is Cc1nc(C(=O)NC(C)CC(C)O)n[nH]1. The molecule has 0 saturated heterocycles. The zero-order chi connectivity index (χ0) is 11.4. The molecular formula is C9H16N4O2. The van der Waals surface area contributed by atoms with Crippen LogP contribution in [0.2, 0.25) is 0 Å². The number of carbonyl (C=O) groups excluding carboxylic acids is 1. The zero-order valence-electron chi connectivity index (χ0n) is 9.11. The summed E-state index contributed by atoms with van der Waals surface area (Å²) in [6.45, 7) is 5.23. The number of amides is 1. The molecule has 1 rings (SSSR count). The second-order valence-corrected chi connectivity index (χ2v) is 3.70. The molecule has 0 aliphatic heterocycles. The number of nitrogens with one attached hydrogen (secondary N) is 2. The second-order valence-electron chi connectivity index (χ2n) is 3.70. The van der Waals surface area contributed by atoms with Crippen LogP contribution in [0.1, 0.15) is 36.7 Å². The van der Waals surface area contributed by atoms with Gasteiger partial charge in [0.1, 0.15) is 5.82 Å². The van der Waals surface area contributed by atoms with Gasteiger partial charge in [0.15, 0.2) is 0 Å². The quantitative estimate of drug-likeness (QED) is 0.655. The van der Waals surface area contributed by atoms with Crippen LogP contribution in [0, 0.1) is 6.92 Å². The van der Waals surface area contributed by atoms with Gasteiger partial charge in [-0.3, -0.25) is 9.89 Å². The molecule has 2 unspecified atom stereocenters. The van der Waals surface area contributed by atoms with Gasteiger partial charge in [-0.1, -0.05) is 0 Å². The molecule has 0 aliphatic rings. The fraction of sp³-hybridized carbons (Fsp3) is 0.667. The number of aliphatic hydroxyl groups is 1. The Labute approximate surface area is 88.1 Å².